The lowest BCUT2D eigenvalue weighted by molar-refractivity contribution is -0.150. The SMILES string of the molecule is CCOC(=O)C(C)(CCC(Cl)Cl)NC(=O)OC(C)(C)C. The second-order valence-electron chi connectivity index (χ2n) is 5.61. The number of hydrogen-bond donors (Lipinski definition) is 1. The van der Waals surface area contributed by atoms with Crippen molar-refractivity contribution in [3.8, 4) is 0 Å². The predicted octanol–water partition coefficient (Wildman–Crippen LogP) is 3.42. The Morgan fingerprint density at radius 3 is 2.15 bits per heavy atom. The van der Waals surface area contributed by atoms with Crippen molar-refractivity contribution in [2.75, 3.05) is 6.61 Å². The van der Waals surface area contributed by atoms with E-state index in [1.165, 1.54) is 0 Å². The third-order valence-electron chi connectivity index (χ3n) is 2.37. The molecule has 7 heteroatoms. The molecule has 0 saturated heterocycles. The van der Waals surface area contributed by atoms with Crippen LogP contribution in [0, 0.1) is 0 Å². The highest BCUT2D eigenvalue weighted by Gasteiger charge is 2.37. The summed E-state index contributed by atoms with van der Waals surface area (Å²) in [6, 6.07) is 0. The van der Waals surface area contributed by atoms with Crippen molar-refractivity contribution in [2.45, 2.75) is 63.4 Å². The van der Waals surface area contributed by atoms with Crippen molar-refractivity contribution in [3.63, 3.8) is 0 Å². The Bertz CT molecular complexity index is 342. The van der Waals surface area contributed by atoms with Gasteiger partial charge in [-0.05, 0) is 47.5 Å². The molecule has 0 bridgehead atoms. The van der Waals surface area contributed by atoms with Gasteiger partial charge in [0.2, 0.25) is 0 Å². The van der Waals surface area contributed by atoms with Crippen LogP contribution in [0.1, 0.15) is 47.5 Å². The lowest BCUT2D eigenvalue weighted by Gasteiger charge is -2.30. The Kier molecular flexibility index (Phi) is 7.66. The van der Waals surface area contributed by atoms with Gasteiger partial charge in [-0.25, -0.2) is 9.59 Å². The summed E-state index contributed by atoms with van der Waals surface area (Å²) in [5.74, 6) is -0.542. The number of rotatable bonds is 6. The summed E-state index contributed by atoms with van der Waals surface area (Å²) in [6.07, 6.45) is -0.0921. The summed E-state index contributed by atoms with van der Waals surface area (Å²) < 4.78 is 10.1. The van der Waals surface area contributed by atoms with Gasteiger partial charge in [-0.2, -0.15) is 0 Å². The minimum atomic E-state index is -1.22. The van der Waals surface area contributed by atoms with E-state index < -0.39 is 28.0 Å². The number of ether oxygens (including phenoxy) is 2. The minimum absolute atomic E-state index is 0.218. The summed E-state index contributed by atoms with van der Waals surface area (Å²) >= 11 is 11.4. The molecule has 0 fully saturated rings. The topological polar surface area (TPSA) is 64.6 Å². The fourth-order valence-electron chi connectivity index (χ4n) is 1.43. The van der Waals surface area contributed by atoms with Crippen molar-refractivity contribution in [1.82, 2.24) is 5.32 Å². The second-order valence-corrected chi connectivity index (χ2v) is 6.89. The number of alkyl carbamates (subject to hydrolysis) is 1. The lowest BCUT2D eigenvalue weighted by Crippen LogP contribution is -2.54. The molecule has 0 aliphatic rings. The van der Waals surface area contributed by atoms with Gasteiger partial charge in [-0.15, -0.1) is 23.2 Å². The largest absolute Gasteiger partial charge is 0.464 e. The molecule has 0 saturated carbocycles. The maximum atomic E-state index is 12.0. The van der Waals surface area contributed by atoms with Gasteiger partial charge in [0, 0.05) is 0 Å². The highest BCUT2D eigenvalue weighted by Crippen LogP contribution is 2.21. The average Bonchev–Trinajstić information content (AvgIpc) is 2.23. The number of nitrogens with one attached hydrogen (secondary N) is 1. The molecule has 0 radical (unpaired) electrons. The zero-order chi connectivity index (χ0) is 16.0. The van der Waals surface area contributed by atoms with Gasteiger partial charge in [0.1, 0.15) is 16.0 Å². The lowest BCUT2D eigenvalue weighted by atomic mass is 9.96. The highest BCUT2D eigenvalue weighted by molar-refractivity contribution is 6.44. The van der Waals surface area contributed by atoms with Crippen molar-refractivity contribution < 1.29 is 19.1 Å². The first-order valence-electron chi connectivity index (χ1n) is 6.46. The Morgan fingerprint density at radius 1 is 1.20 bits per heavy atom. The number of carbonyl (C=O) groups is 2. The predicted molar refractivity (Wildman–Crippen MR) is 79.1 cm³/mol. The van der Waals surface area contributed by atoms with Crippen LogP contribution in [0.4, 0.5) is 4.79 Å². The molecule has 118 valence electrons. The molecule has 0 aliphatic carbocycles. The molecule has 0 aromatic carbocycles. The van der Waals surface area contributed by atoms with Crippen molar-refractivity contribution in [3.05, 3.63) is 0 Å². The molecule has 1 amide bonds. The van der Waals surface area contributed by atoms with Gasteiger partial charge in [0.15, 0.2) is 0 Å². The van der Waals surface area contributed by atoms with Gasteiger partial charge in [0.25, 0.3) is 0 Å². The van der Waals surface area contributed by atoms with Crippen LogP contribution in [-0.2, 0) is 14.3 Å². The quantitative estimate of drug-likeness (QED) is 0.599. The van der Waals surface area contributed by atoms with E-state index in [4.69, 9.17) is 32.7 Å². The average molecular weight is 328 g/mol. The molecule has 1 unspecified atom stereocenters. The summed E-state index contributed by atoms with van der Waals surface area (Å²) in [4.78, 5) is 23.2. The molecule has 20 heavy (non-hydrogen) atoms. The number of esters is 1. The summed E-state index contributed by atoms with van der Waals surface area (Å²) in [5.41, 5.74) is -1.87. The van der Waals surface area contributed by atoms with Gasteiger partial charge in [-0.3, -0.25) is 0 Å². The van der Waals surface area contributed by atoms with E-state index in [0.29, 0.717) is 6.42 Å². The van der Waals surface area contributed by atoms with Crippen LogP contribution in [0.5, 0.6) is 0 Å². The Balaban J connectivity index is 4.84. The van der Waals surface area contributed by atoms with Gasteiger partial charge in [0.05, 0.1) is 6.61 Å². The van der Waals surface area contributed by atoms with Crippen molar-refractivity contribution in [2.24, 2.45) is 0 Å². The van der Waals surface area contributed by atoms with Crippen LogP contribution in [0.2, 0.25) is 0 Å². The molecule has 5 nitrogen and oxygen atoms in total. The Hall–Kier alpha value is -0.680. The molecule has 0 heterocycles. The van der Waals surface area contributed by atoms with Crippen LogP contribution in [-0.4, -0.2) is 34.6 Å². The standard InChI is InChI=1S/C13H23Cl2NO4/c1-6-19-10(17)13(5,8-7-9(14)15)16-11(18)20-12(2,3)4/h9H,6-8H2,1-5H3,(H,16,18). The van der Waals surface area contributed by atoms with E-state index >= 15 is 0 Å². The van der Waals surface area contributed by atoms with Crippen LogP contribution in [0.15, 0.2) is 0 Å². The molecular weight excluding hydrogens is 305 g/mol. The van der Waals surface area contributed by atoms with Gasteiger partial charge >= 0.3 is 12.1 Å². The zero-order valence-electron chi connectivity index (χ0n) is 12.6. The molecule has 0 aromatic heterocycles. The number of amides is 1. The van der Waals surface area contributed by atoms with Crippen LogP contribution >= 0.6 is 23.2 Å². The van der Waals surface area contributed by atoms with Gasteiger partial charge < -0.3 is 14.8 Å². The van der Waals surface area contributed by atoms with E-state index in [-0.39, 0.29) is 13.0 Å². The number of halogens is 2. The fraction of sp³-hybridized carbons (Fsp3) is 0.846. The first-order valence-corrected chi connectivity index (χ1v) is 7.34. The van der Waals surface area contributed by atoms with E-state index in [1.807, 2.05) is 0 Å². The van der Waals surface area contributed by atoms with E-state index in [2.05, 4.69) is 5.32 Å². The third kappa shape index (κ3) is 7.80. The molecule has 1 atom stereocenters. The fourth-order valence-corrected chi connectivity index (χ4v) is 1.65. The first-order chi connectivity index (χ1) is 9.00. The smallest absolute Gasteiger partial charge is 0.408 e. The third-order valence-corrected chi connectivity index (χ3v) is 2.80. The zero-order valence-corrected chi connectivity index (χ0v) is 14.1. The van der Waals surface area contributed by atoms with E-state index in [9.17, 15) is 9.59 Å². The molecule has 0 aliphatic heterocycles. The normalized spacial score (nSPS) is 14.6. The summed E-state index contributed by atoms with van der Waals surface area (Å²) in [7, 11) is 0. The molecular formula is C13H23Cl2NO4. The van der Waals surface area contributed by atoms with E-state index in [0.717, 1.165) is 0 Å². The van der Waals surface area contributed by atoms with Crippen molar-refractivity contribution in [1.29, 1.82) is 0 Å². The minimum Gasteiger partial charge on any atom is -0.464 e. The van der Waals surface area contributed by atoms with E-state index in [1.54, 1.807) is 34.6 Å². The maximum Gasteiger partial charge on any atom is 0.408 e. The maximum absolute atomic E-state index is 12.0. The Labute approximate surface area is 130 Å². The monoisotopic (exact) mass is 327 g/mol. The summed E-state index contributed by atoms with van der Waals surface area (Å²) in [6.45, 7) is 8.68. The number of alkyl halides is 2. The first kappa shape index (κ1) is 19.3. The number of carbonyl (C=O) groups excluding carboxylic acids is 2. The van der Waals surface area contributed by atoms with Gasteiger partial charge in [-0.1, -0.05) is 0 Å². The van der Waals surface area contributed by atoms with Crippen LogP contribution in [0.3, 0.4) is 0 Å². The van der Waals surface area contributed by atoms with Crippen molar-refractivity contribution >= 4 is 35.3 Å². The molecule has 0 rings (SSSR count). The number of hydrogen-bond acceptors (Lipinski definition) is 4. The van der Waals surface area contributed by atoms with Crippen LogP contribution < -0.4 is 5.32 Å². The summed E-state index contributed by atoms with van der Waals surface area (Å²) in [5, 5.41) is 2.54. The van der Waals surface area contributed by atoms with Crippen LogP contribution in [0.25, 0.3) is 0 Å². The molecule has 1 N–H and O–H groups in total. The highest BCUT2D eigenvalue weighted by atomic mass is 35.5. The Morgan fingerprint density at radius 2 is 1.75 bits per heavy atom. The molecule has 0 spiro atoms. The molecule has 0 aromatic rings. The second kappa shape index (κ2) is 7.93.